The molecule has 0 bridgehead atoms. The number of carboxylic acids is 1. The Balaban J connectivity index is 1.63. The van der Waals surface area contributed by atoms with E-state index in [4.69, 9.17) is 14.7 Å². The Morgan fingerprint density at radius 2 is 2.00 bits per heavy atom. The molecule has 0 unspecified atom stereocenters. The predicted octanol–water partition coefficient (Wildman–Crippen LogP) is 5.98. The maximum absolute atomic E-state index is 11.8. The fraction of sp³-hybridized carbons (Fsp3) is 0.524. The molecule has 2 aromatic rings. The minimum atomic E-state index is -0.777. The summed E-state index contributed by atoms with van der Waals surface area (Å²) >= 11 is 1.23. The third-order valence-electron chi connectivity index (χ3n) is 4.28. The molecule has 31 heavy (non-hydrogen) atoms. The summed E-state index contributed by atoms with van der Waals surface area (Å²) in [5.41, 5.74) is -0.148. The Morgan fingerprint density at radius 1 is 1.26 bits per heavy atom. The van der Waals surface area contributed by atoms with Gasteiger partial charge in [-0.25, -0.2) is 9.78 Å². The van der Waals surface area contributed by atoms with E-state index in [1.807, 2.05) is 6.07 Å². The lowest BCUT2D eigenvalue weighted by Gasteiger charge is -2.31. The number of nitriles is 1. The third-order valence-corrected chi connectivity index (χ3v) is 8.08. The molecule has 1 aromatic carbocycles. The van der Waals surface area contributed by atoms with Crippen LogP contribution in [0.5, 0.6) is 5.75 Å². The molecule has 0 aliphatic carbocycles. The molecule has 0 aliphatic heterocycles. The Labute approximate surface area is 193 Å². The van der Waals surface area contributed by atoms with Crippen LogP contribution in [-0.4, -0.2) is 40.3 Å². The minimum absolute atomic E-state index is 0.0902. The molecule has 0 atom stereocenters. The van der Waals surface area contributed by atoms with E-state index < -0.39 is 17.5 Å². The number of nitrogens with zero attached hydrogens (tertiary/aromatic N) is 2. The summed E-state index contributed by atoms with van der Waals surface area (Å²) in [5.74, 6) is 1.22. The smallest absolute Gasteiger partial charge is 0.481 e. The molecule has 0 saturated carbocycles. The van der Waals surface area contributed by atoms with E-state index in [1.54, 1.807) is 53.6 Å². The molecule has 1 heterocycles. The van der Waals surface area contributed by atoms with Crippen molar-refractivity contribution in [1.29, 1.82) is 5.26 Å². The van der Waals surface area contributed by atoms with Gasteiger partial charge in [-0.15, -0.1) is 11.3 Å². The van der Waals surface area contributed by atoms with E-state index in [-0.39, 0.29) is 12.0 Å². The average Bonchev–Trinajstić information content (AvgIpc) is 3.08. The number of benzene rings is 1. The molecule has 0 spiro atoms. The van der Waals surface area contributed by atoms with Gasteiger partial charge in [-0.1, -0.05) is 35.4 Å². The molecule has 7 nitrogen and oxygen atoms in total. The van der Waals surface area contributed by atoms with Gasteiger partial charge in [-0.05, 0) is 44.2 Å². The molecular weight excluding hydrogens is 456 g/mol. The van der Waals surface area contributed by atoms with Gasteiger partial charge in [0, 0.05) is 17.6 Å². The Morgan fingerprint density at radius 3 is 2.68 bits per heavy atom. The van der Waals surface area contributed by atoms with Gasteiger partial charge in [0.2, 0.25) is 0 Å². The van der Waals surface area contributed by atoms with Gasteiger partial charge in [0.05, 0.1) is 22.2 Å². The summed E-state index contributed by atoms with van der Waals surface area (Å²) in [6.07, 6.45) is 0.523. The molecule has 1 aromatic heterocycles. The lowest BCUT2D eigenvalue weighted by atomic mass is 9.76. The number of carbonyl (C=O) groups excluding carboxylic acids is 1. The predicted molar refractivity (Wildman–Crippen MR) is 126 cm³/mol. The zero-order valence-electron chi connectivity index (χ0n) is 18.0. The second-order valence-electron chi connectivity index (χ2n) is 8.43. The second-order valence-corrected chi connectivity index (χ2v) is 12.0. The zero-order chi connectivity index (χ0) is 23.1. The van der Waals surface area contributed by atoms with Gasteiger partial charge < -0.3 is 14.6 Å². The van der Waals surface area contributed by atoms with Gasteiger partial charge in [-0.2, -0.15) is 5.26 Å². The van der Waals surface area contributed by atoms with Crippen molar-refractivity contribution in [3.05, 3.63) is 23.2 Å². The molecule has 0 amide bonds. The van der Waals surface area contributed by atoms with E-state index in [9.17, 15) is 14.7 Å². The second kappa shape index (κ2) is 11.1. The summed E-state index contributed by atoms with van der Waals surface area (Å²) in [7, 11) is 3.38. The van der Waals surface area contributed by atoms with Crippen LogP contribution in [0.2, 0.25) is 0 Å². The normalized spacial score (nSPS) is 11.8. The number of carbonyl (C=O) groups is 2. The van der Waals surface area contributed by atoms with Crippen molar-refractivity contribution < 1.29 is 24.2 Å². The Hall–Kier alpha value is -1.96. The van der Waals surface area contributed by atoms with Gasteiger partial charge in [-0.3, -0.25) is 4.79 Å². The zero-order valence-corrected chi connectivity index (χ0v) is 20.4. The quantitative estimate of drug-likeness (QED) is 0.179. The topological polar surface area (TPSA) is 110 Å². The molecule has 2 rings (SSSR count). The third kappa shape index (κ3) is 8.24. The van der Waals surface area contributed by atoms with Crippen LogP contribution in [0.3, 0.4) is 0 Å². The molecule has 0 radical (unpaired) electrons. The summed E-state index contributed by atoms with van der Waals surface area (Å²) in [4.78, 5) is 27.3. The molecule has 0 saturated heterocycles. The summed E-state index contributed by atoms with van der Waals surface area (Å²) < 4.78 is 11.1. The largest absolute Gasteiger partial charge is 0.513 e. The van der Waals surface area contributed by atoms with E-state index >= 15 is 0 Å². The molecule has 168 valence electrons. The Bertz CT molecular complexity index is 966. The number of thiazole rings is 1. The maximum atomic E-state index is 11.8. The van der Waals surface area contributed by atoms with Gasteiger partial charge >= 0.3 is 12.1 Å². The number of aliphatic carboxylic acids is 1. The number of ether oxygens (including phenoxy) is 2. The number of rotatable bonds is 11. The molecule has 1 N–H and O–H groups in total. The fourth-order valence-electron chi connectivity index (χ4n) is 3.00. The summed E-state index contributed by atoms with van der Waals surface area (Å²) in [6.45, 7) is 7.92. The first-order valence-corrected chi connectivity index (χ1v) is 13.0. The van der Waals surface area contributed by atoms with Gasteiger partial charge in [0.15, 0.2) is 5.01 Å². The lowest BCUT2D eigenvalue weighted by Crippen LogP contribution is -2.31. The SMILES string of the molecule is CC(C)(CSSCCCOC(=O)Oc1ccc2nc(C#N)sc2c1)CC(C)(C)C(=O)O. The van der Waals surface area contributed by atoms with Crippen LogP contribution in [0.15, 0.2) is 18.2 Å². The van der Waals surface area contributed by atoms with Crippen LogP contribution >= 0.6 is 32.9 Å². The monoisotopic (exact) mass is 482 g/mol. The first kappa shape index (κ1) is 25.3. The Kier molecular flexibility index (Phi) is 9.03. The standard InChI is InChI=1S/C21H26N2O5S3/c1-20(2,12-21(3,4)18(24)25)13-30-29-9-5-8-27-19(26)28-14-6-7-15-16(10-14)31-17(11-22)23-15/h6-7,10H,5,8-9,12-13H2,1-4H3,(H,24,25). The number of hydrogen-bond donors (Lipinski definition) is 1. The lowest BCUT2D eigenvalue weighted by molar-refractivity contribution is -0.148. The van der Waals surface area contributed by atoms with Crippen LogP contribution in [0.4, 0.5) is 4.79 Å². The maximum Gasteiger partial charge on any atom is 0.513 e. The van der Waals surface area contributed by atoms with Gasteiger partial charge in [0.25, 0.3) is 0 Å². The van der Waals surface area contributed by atoms with Crippen LogP contribution in [0, 0.1) is 22.2 Å². The van der Waals surface area contributed by atoms with Crippen LogP contribution in [-0.2, 0) is 9.53 Å². The highest BCUT2D eigenvalue weighted by Crippen LogP contribution is 2.39. The minimum Gasteiger partial charge on any atom is -0.481 e. The fourth-order valence-corrected chi connectivity index (χ4v) is 6.56. The first-order chi connectivity index (χ1) is 14.5. The van der Waals surface area contributed by atoms with E-state index in [0.29, 0.717) is 29.1 Å². The summed E-state index contributed by atoms with van der Waals surface area (Å²) in [6, 6.07) is 6.97. The highest BCUT2D eigenvalue weighted by atomic mass is 33.1. The van der Waals surface area contributed by atoms with E-state index in [1.165, 1.54) is 11.3 Å². The van der Waals surface area contributed by atoms with Crippen molar-refractivity contribution in [2.45, 2.75) is 40.5 Å². The average molecular weight is 483 g/mol. The summed E-state index contributed by atoms with van der Waals surface area (Å²) in [5, 5.41) is 18.6. The number of aromatic nitrogens is 1. The van der Waals surface area contributed by atoms with E-state index in [0.717, 1.165) is 16.2 Å². The highest BCUT2D eigenvalue weighted by molar-refractivity contribution is 8.76. The van der Waals surface area contributed by atoms with Crippen LogP contribution in [0.1, 0.15) is 45.5 Å². The van der Waals surface area contributed by atoms with Crippen LogP contribution in [0.25, 0.3) is 10.2 Å². The van der Waals surface area contributed by atoms with Crippen molar-refractivity contribution in [3.8, 4) is 11.8 Å². The van der Waals surface area contributed by atoms with Crippen molar-refractivity contribution in [2.24, 2.45) is 10.8 Å². The van der Waals surface area contributed by atoms with Gasteiger partial charge in [0.1, 0.15) is 11.8 Å². The van der Waals surface area contributed by atoms with Crippen LogP contribution < -0.4 is 4.74 Å². The van der Waals surface area contributed by atoms with E-state index in [2.05, 4.69) is 18.8 Å². The molecule has 0 fully saturated rings. The van der Waals surface area contributed by atoms with Crippen molar-refractivity contribution in [2.75, 3.05) is 18.1 Å². The highest BCUT2D eigenvalue weighted by Gasteiger charge is 2.34. The molecule has 0 aliphatic rings. The number of fused-ring (bicyclic) bond motifs is 1. The molecule has 10 heteroatoms. The number of carboxylic acid groups (broad SMARTS) is 1. The van der Waals surface area contributed by atoms with Crippen molar-refractivity contribution >= 4 is 55.3 Å². The molecular formula is C21H26N2O5S3. The first-order valence-electron chi connectivity index (χ1n) is 9.65. The number of hydrogen-bond acceptors (Lipinski definition) is 9. The van der Waals surface area contributed by atoms with Crippen molar-refractivity contribution in [3.63, 3.8) is 0 Å². The van der Waals surface area contributed by atoms with Crippen molar-refractivity contribution in [1.82, 2.24) is 4.98 Å².